The highest BCUT2D eigenvalue weighted by Gasteiger charge is 2.10. The van der Waals surface area contributed by atoms with Gasteiger partial charge in [-0.2, -0.15) is 9.50 Å². The van der Waals surface area contributed by atoms with Crippen LogP contribution in [0.15, 0.2) is 10.9 Å². The first-order valence-electron chi connectivity index (χ1n) is 5.79. The van der Waals surface area contributed by atoms with E-state index in [2.05, 4.69) is 22.0 Å². The second kappa shape index (κ2) is 4.67. The molecule has 17 heavy (non-hydrogen) atoms. The molecule has 2 aromatic rings. The number of aromatic amines is 1. The van der Waals surface area contributed by atoms with E-state index in [-0.39, 0.29) is 5.56 Å². The molecule has 3 N–H and O–H groups in total. The predicted molar refractivity (Wildman–Crippen MR) is 64.9 cm³/mol. The zero-order valence-electron chi connectivity index (χ0n) is 10.1. The third kappa shape index (κ3) is 2.36. The van der Waals surface area contributed by atoms with Gasteiger partial charge in [0.2, 0.25) is 0 Å². The molecule has 0 fully saturated rings. The molecule has 0 radical (unpaired) electrons. The average Bonchev–Trinajstić information content (AvgIpc) is 2.68. The zero-order valence-corrected chi connectivity index (χ0v) is 10.1. The van der Waals surface area contributed by atoms with Crippen LogP contribution in [0.4, 0.5) is 0 Å². The van der Waals surface area contributed by atoms with E-state index in [9.17, 15) is 4.79 Å². The molecule has 0 aliphatic rings. The van der Waals surface area contributed by atoms with Crippen LogP contribution in [-0.4, -0.2) is 26.1 Å². The summed E-state index contributed by atoms with van der Waals surface area (Å²) >= 11 is 0. The van der Waals surface area contributed by atoms with E-state index >= 15 is 0 Å². The first-order chi connectivity index (χ1) is 8.13. The third-order valence-electron chi connectivity index (χ3n) is 2.90. The van der Waals surface area contributed by atoms with Crippen LogP contribution < -0.4 is 11.3 Å². The van der Waals surface area contributed by atoms with Crippen molar-refractivity contribution in [3.8, 4) is 0 Å². The fourth-order valence-corrected chi connectivity index (χ4v) is 1.80. The number of aromatic nitrogens is 4. The smallest absolute Gasteiger partial charge is 0.274 e. The van der Waals surface area contributed by atoms with Gasteiger partial charge in [0.25, 0.3) is 11.3 Å². The maximum atomic E-state index is 11.7. The van der Waals surface area contributed by atoms with Crippen molar-refractivity contribution in [1.82, 2.24) is 19.6 Å². The molecule has 2 aromatic heterocycles. The molecule has 2 heterocycles. The number of nitrogens with two attached hydrogens (primary N) is 1. The Balaban J connectivity index is 2.38. The van der Waals surface area contributed by atoms with Crippen molar-refractivity contribution >= 4 is 5.78 Å². The molecule has 6 heteroatoms. The van der Waals surface area contributed by atoms with Crippen molar-refractivity contribution in [2.45, 2.75) is 26.7 Å². The topological polar surface area (TPSA) is 89.1 Å². The van der Waals surface area contributed by atoms with Crippen LogP contribution in [0.25, 0.3) is 5.78 Å². The lowest BCUT2D eigenvalue weighted by molar-refractivity contribution is 0.505. The number of hydrogen-bond donors (Lipinski definition) is 2. The van der Waals surface area contributed by atoms with Crippen molar-refractivity contribution in [2.24, 2.45) is 11.7 Å². The lowest BCUT2D eigenvalue weighted by Gasteiger charge is -2.08. The Morgan fingerprint density at radius 1 is 1.53 bits per heavy atom. The van der Waals surface area contributed by atoms with E-state index in [1.165, 1.54) is 10.6 Å². The molecule has 0 saturated carbocycles. The van der Waals surface area contributed by atoms with Crippen LogP contribution in [0, 0.1) is 12.8 Å². The first-order valence-corrected chi connectivity index (χ1v) is 5.79. The van der Waals surface area contributed by atoms with Crippen LogP contribution >= 0.6 is 0 Å². The normalized spacial score (nSPS) is 13.1. The van der Waals surface area contributed by atoms with Crippen LogP contribution in [0.1, 0.15) is 24.9 Å². The van der Waals surface area contributed by atoms with Crippen molar-refractivity contribution < 1.29 is 0 Å². The summed E-state index contributed by atoms with van der Waals surface area (Å²) < 4.78 is 1.37. The van der Waals surface area contributed by atoms with E-state index in [1.54, 1.807) is 6.92 Å². The molecule has 92 valence electrons. The Morgan fingerprint density at radius 2 is 2.29 bits per heavy atom. The SMILES string of the molecule is CCC(CN)Cc1nc2nc(C)cc(=O)n2[nH]1. The van der Waals surface area contributed by atoms with Crippen molar-refractivity contribution in [3.05, 3.63) is 27.9 Å². The van der Waals surface area contributed by atoms with Gasteiger partial charge in [-0.15, -0.1) is 0 Å². The molecule has 1 unspecified atom stereocenters. The van der Waals surface area contributed by atoms with Crippen molar-refractivity contribution in [1.29, 1.82) is 0 Å². The quantitative estimate of drug-likeness (QED) is 0.795. The Bertz CT molecular complexity index is 567. The molecular weight excluding hydrogens is 218 g/mol. The standard InChI is InChI=1S/C11H17N5O/c1-3-8(6-12)5-9-14-11-13-7(2)4-10(17)16(11)15-9/h4,8H,3,5-6,12H2,1-2H3,(H,13,14,15). The highest BCUT2D eigenvalue weighted by Crippen LogP contribution is 2.07. The largest absolute Gasteiger partial charge is 0.330 e. The summed E-state index contributed by atoms with van der Waals surface area (Å²) in [6.45, 7) is 4.49. The van der Waals surface area contributed by atoms with Gasteiger partial charge in [0, 0.05) is 18.2 Å². The van der Waals surface area contributed by atoms with Gasteiger partial charge in [-0.05, 0) is 19.4 Å². The van der Waals surface area contributed by atoms with Crippen LogP contribution in [0.3, 0.4) is 0 Å². The fraction of sp³-hybridized carbons (Fsp3) is 0.545. The van der Waals surface area contributed by atoms with Crippen molar-refractivity contribution in [3.63, 3.8) is 0 Å². The number of H-pyrrole nitrogens is 1. The van der Waals surface area contributed by atoms with E-state index in [0.29, 0.717) is 23.9 Å². The van der Waals surface area contributed by atoms with Gasteiger partial charge >= 0.3 is 0 Å². The molecule has 1 atom stereocenters. The number of nitrogens with zero attached hydrogens (tertiary/aromatic N) is 3. The van der Waals surface area contributed by atoms with Gasteiger partial charge < -0.3 is 5.73 Å². The van der Waals surface area contributed by atoms with Crippen LogP contribution in [0.5, 0.6) is 0 Å². The van der Waals surface area contributed by atoms with Crippen molar-refractivity contribution in [2.75, 3.05) is 6.54 Å². The second-order valence-electron chi connectivity index (χ2n) is 4.26. The summed E-state index contributed by atoms with van der Waals surface area (Å²) in [5.74, 6) is 1.57. The van der Waals surface area contributed by atoms with Crippen LogP contribution in [-0.2, 0) is 6.42 Å². The molecule has 0 amide bonds. The summed E-state index contributed by atoms with van der Waals surface area (Å²) in [6, 6.07) is 1.48. The lowest BCUT2D eigenvalue weighted by Crippen LogP contribution is -2.17. The molecule has 0 aliphatic heterocycles. The molecule has 2 rings (SSSR count). The Morgan fingerprint density at radius 3 is 2.94 bits per heavy atom. The summed E-state index contributed by atoms with van der Waals surface area (Å²) in [5.41, 5.74) is 6.20. The van der Waals surface area contributed by atoms with E-state index in [0.717, 1.165) is 18.7 Å². The molecule has 0 aliphatic carbocycles. The number of hydrogen-bond acceptors (Lipinski definition) is 4. The zero-order chi connectivity index (χ0) is 12.4. The van der Waals surface area contributed by atoms with E-state index in [4.69, 9.17) is 5.73 Å². The maximum Gasteiger partial charge on any atom is 0.274 e. The molecule has 0 saturated heterocycles. The first kappa shape index (κ1) is 11.8. The summed E-state index contributed by atoms with van der Waals surface area (Å²) in [6.07, 6.45) is 1.74. The molecule has 0 spiro atoms. The number of aryl methyl sites for hydroxylation is 1. The number of nitrogens with one attached hydrogen (secondary N) is 1. The maximum absolute atomic E-state index is 11.7. The second-order valence-corrected chi connectivity index (χ2v) is 4.26. The van der Waals surface area contributed by atoms with Gasteiger partial charge in [0.1, 0.15) is 5.82 Å². The van der Waals surface area contributed by atoms with Gasteiger partial charge in [0.15, 0.2) is 0 Å². The van der Waals surface area contributed by atoms with E-state index in [1.807, 2.05) is 0 Å². The highest BCUT2D eigenvalue weighted by atomic mass is 16.1. The molecule has 0 bridgehead atoms. The molecule has 0 aromatic carbocycles. The molecule has 6 nitrogen and oxygen atoms in total. The van der Waals surface area contributed by atoms with E-state index < -0.39 is 0 Å². The van der Waals surface area contributed by atoms with Gasteiger partial charge in [-0.3, -0.25) is 9.89 Å². The average molecular weight is 235 g/mol. The number of fused-ring (bicyclic) bond motifs is 1. The minimum Gasteiger partial charge on any atom is -0.330 e. The number of rotatable bonds is 4. The Kier molecular flexibility index (Phi) is 3.23. The summed E-state index contributed by atoms with van der Waals surface area (Å²) in [4.78, 5) is 20.2. The van der Waals surface area contributed by atoms with Gasteiger partial charge in [-0.1, -0.05) is 13.3 Å². The Hall–Kier alpha value is -1.69. The predicted octanol–water partition coefficient (Wildman–Crippen LogP) is 0.253. The monoisotopic (exact) mass is 235 g/mol. The molecular formula is C11H17N5O. The lowest BCUT2D eigenvalue weighted by atomic mass is 10.0. The van der Waals surface area contributed by atoms with Gasteiger partial charge in [-0.25, -0.2) is 4.98 Å². The highest BCUT2D eigenvalue weighted by molar-refractivity contribution is 5.27. The minimum atomic E-state index is -0.132. The van der Waals surface area contributed by atoms with Crippen LogP contribution in [0.2, 0.25) is 0 Å². The Labute approximate surface area is 98.9 Å². The fourth-order valence-electron chi connectivity index (χ4n) is 1.80. The van der Waals surface area contributed by atoms with Gasteiger partial charge in [0.05, 0.1) is 0 Å². The third-order valence-corrected chi connectivity index (χ3v) is 2.90. The minimum absolute atomic E-state index is 0.132. The summed E-state index contributed by atoms with van der Waals surface area (Å²) in [7, 11) is 0. The summed E-state index contributed by atoms with van der Waals surface area (Å²) in [5, 5.41) is 2.97.